The summed E-state index contributed by atoms with van der Waals surface area (Å²) in [7, 11) is 1.54. The van der Waals surface area contributed by atoms with Crippen molar-refractivity contribution in [2.24, 2.45) is 18.9 Å². The number of nitrogens with zero attached hydrogens (tertiary/aromatic N) is 3. The number of amides is 1. The van der Waals surface area contributed by atoms with Crippen molar-refractivity contribution in [2.45, 2.75) is 33.4 Å². The minimum atomic E-state index is -0.277. The highest BCUT2D eigenvalue weighted by Gasteiger charge is 2.22. The molecule has 1 saturated heterocycles. The number of carbonyl (C=O) groups excluding carboxylic acids is 1. The van der Waals surface area contributed by atoms with E-state index in [4.69, 9.17) is 0 Å². The van der Waals surface area contributed by atoms with Gasteiger partial charge in [-0.3, -0.25) is 14.5 Å². The third-order valence-corrected chi connectivity index (χ3v) is 5.09. The van der Waals surface area contributed by atoms with Gasteiger partial charge >= 0.3 is 0 Å². The summed E-state index contributed by atoms with van der Waals surface area (Å²) in [5, 5.41) is 6.92. The zero-order valence-corrected chi connectivity index (χ0v) is 16.3. The normalized spacial score (nSPS) is 20.4. The fourth-order valence-electron chi connectivity index (χ4n) is 3.94. The first-order valence-corrected chi connectivity index (χ1v) is 9.54. The topological polar surface area (TPSA) is 67.2 Å². The lowest BCUT2D eigenvalue weighted by atomic mass is 9.91. The minimum absolute atomic E-state index is 0.234. The van der Waals surface area contributed by atoms with Gasteiger partial charge in [0.05, 0.1) is 0 Å². The van der Waals surface area contributed by atoms with Crippen LogP contribution in [0.15, 0.2) is 41.2 Å². The molecule has 144 valence electrons. The van der Waals surface area contributed by atoms with E-state index >= 15 is 0 Å². The van der Waals surface area contributed by atoms with Crippen LogP contribution in [0.5, 0.6) is 0 Å². The highest BCUT2D eigenvalue weighted by molar-refractivity contribution is 5.91. The molecule has 1 aliphatic rings. The van der Waals surface area contributed by atoms with Crippen LogP contribution in [0.4, 0.5) is 0 Å². The number of benzene rings is 1. The molecule has 1 amide bonds. The predicted molar refractivity (Wildman–Crippen MR) is 105 cm³/mol. The van der Waals surface area contributed by atoms with Crippen LogP contribution in [0, 0.1) is 11.8 Å². The summed E-state index contributed by atoms with van der Waals surface area (Å²) in [6.07, 6.45) is 1.29. The Hall–Kier alpha value is -2.47. The Labute approximate surface area is 160 Å². The van der Waals surface area contributed by atoms with Crippen LogP contribution in [0.2, 0.25) is 0 Å². The molecule has 0 radical (unpaired) electrons. The maximum Gasteiger partial charge on any atom is 0.271 e. The molecule has 1 aromatic carbocycles. The molecule has 1 aromatic heterocycles. The third-order valence-electron chi connectivity index (χ3n) is 5.09. The van der Waals surface area contributed by atoms with Crippen LogP contribution in [0.25, 0.3) is 0 Å². The van der Waals surface area contributed by atoms with Crippen molar-refractivity contribution in [3.63, 3.8) is 0 Å². The van der Waals surface area contributed by atoms with Gasteiger partial charge in [-0.25, -0.2) is 4.68 Å². The Morgan fingerprint density at radius 2 is 1.78 bits per heavy atom. The smallest absolute Gasteiger partial charge is 0.271 e. The van der Waals surface area contributed by atoms with Gasteiger partial charge in [-0.15, -0.1) is 0 Å². The molecule has 0 aliphatic carbocycles. The first-order valence-electron chi connectivity index (χ1n) is 9.54. The number of rotatable bonds is 5. The molecule has 0 unspecified atom stereocenters. The van der Waals surface area contributed by atoms with E-state index in [2.05, 4.69) is 41.3 Å². The molecule has 1 aliphatic heterocycles. The molecule has 2 atom stereocenters. The summed E-state index contributed by atoms with van der Waals surface area (Å²) in [5.41, 5.74) is 2.37. The van der Waals surface area contributed by atoms with Gasteiger partial charge in [0.1, 0.15) is 5.69 Å². The Bertz CT molecular complexity index is 851. The lowest BCUT2D eigenvalue weighted by Crippen LogP contribution is -2.38. The molecular weight excluding hydrogens is 340 g/mol. The van der Waals surface area contributed by atoms with Gasteiger partial charge in [-0.2, -0.15) is 5.10 Å². The molecule has 0 spiro atoms. The van der Waals surface area contributed by atoms with Crippen LogP contribution in [0.3, 0.4) is 0 Å². The minimum Gasteiger partial charge on any atom is -0.347 e. The van der Waals surface area contributed by atoms with Gasteiger partial charge in [0.2, 0.25) is 0 Å². The van der Waals surface area contributed by atoms with E-state index in [1.54, 1.807) is 0 Å². The molecule has 6 heteroatoms. The summed E-state index contributed by atoms with van der Waals surface area (Å²) in [5.74, 6) is 1.16. The van der Waals surface area contributed by atoms with E-state index in [0.29, 0.717) is 6.54 Å². The zero-order chi connectivity index (χ0) is 19.4. The predicted octanol–water partition coefficient (Wildman–Crippen LogP) is 2.19. The molecule has 0 bridgehead atoms. The number of hydrogen-bond donors (Lipinski definition) is 1. The number of nitrogens with one attached hydrogen (secondary N) is 1. The largest absolute Gasteiger partial charge is 0.347 e. The van der Waals surface area contributed by atoms with Crippen molar-refractivity contribution in [3.05, 3.63) is 63.6 Å². The number of likely N-dealkylation sites (tertiary alicyclic amines) is 1. The quantitative estimate of drug-likeness (QED) is 0.878. The van der Waals surface area contributed by atoms with Crippen molar-refractivity contribution in [1.29, 1.82) is 0 Å². The van der Waals surface area contributed by atoms with Crippen molar-refractivity contribution >= 4 is 5.91 Å². The summed E-state index contributed by atoms with van der Waals surface area (Å²) in [6, 6.07) is 11.0. The van der Waals surface area contributed by atoms with Crippen LogP contribution in [0.1, 0.15) is 41.9 Å². The number of hydrogen-bond acceptors (Lipinski definition) is 4. The SMILES string of the molecule is C[C@@H]1C[C@@H](C)CN(Cc2ccccc2CNC(=O)c2ccc(=O)n(C)n2)C1. The lowest BCUT2D eigenvalue weighted by Gasteiger charge is -2.35. The van der Waals surface area contributed by atoms with E-state index < -0.39 is 0 Å². The summed E-state index contributed by atoms with van der Waals surface area (Å²) in [4.78, 5) is 26.3. The molecule has 3 rings (SSSR count). The molecule has 1 N–H and O–H groups in total. The number of aryl methyl sites for hydroxylation is 1. The Morgan fingerprint density at radius 1 is 1.11 bits per heavy atom. The lowest BCUT2D eigenvalue weighted by molar-refractivity contribution is 0.0943. The highest BCUT2D eigenvalue weighted by atomic mass is 16.2. The second-order valence-electron chi connectivity index (χ2n) is 7.77. The Balaban J connectivity index is 1.66. The van der Waals surface area contributed by atoms with Gasteiger partial charge in [-0.1, -0.05) is 38.1 Å². The maximum absolute atomic E-state index is 12.4. The van der Waals surface area contributed by atoms with Gasteiger partial charge in [-0.05, 0) is 35.4 Å². The molecule has 0 saturated carbocycles. The van der Waals surface area contributed by atoms with Gasteiger partial charge < -0.3 is 5.32 Å². The van der Waals surface area contributed by atoms with Gasteiger partial charge in [0.15, 0.2) is 0 Å². The van der Waals surface area contributed by atoms with Crippen molar-refractivity contribution in [3.8, 4) is 0 Å². The van der Waals surface area contributed by atoms with E-state index in [9.17, 15) is 9.59 Å². The maximum atomic E-state index is 12.4. The van der Waals surface area contributed by atoms with Crippen LogP contribution in [-0.4, -0.2) is 33.7 Å². The molecule has 2 heterocycles. The average molecular weight is 368 g/mol. The van der Waals surface area contributed by atoms with Crippen molar-refractivity contribution in [1.82, 2.24) is 20.0 Å². The third kappa shape index (κ3) is 5.04. The van der Waals surface area contributed by atoms with Crippen LogP contribution in [-0.2, 0) is 20.1 Å². The Kier molecular flexibility index (Phi) is 6.06. The molecular formula is C21H28N4O2. The second kappa shape index (κ2) is 8.48. The highest BCUT2D eigenvalue weighted by Crippen LogP contribution is 2.23. The van der Waals surface area contributed by atoms with Crippen LogP contribution >= 0.6 is 0 Å². The molecule has 27 heavy (non-hydrogen) atoms. The van der Waals surface area contributed by atoms with Crippen LogP contribution < -0.4 is 10.9 Å². The zero-order valence-electron chi connectivity index (χ0n) is 16.3. The van der Waals surface area contributed by atoms with E-state index in [-0.39, 0.29) is 17.2 Å². The number of piperidine rings is 1. The second-order valence-corrected chi connectivity index (χ2v) is 7.77. The standard InChI is InChI=1S/C21H28N4O2/c1-15-10-16(2)13-25(12-15)14-18-7-5-4-6-17(18)11-22-21(27)19-8-9-20(26)24(3)23-19/h4-9,15-16H,10-14H2,1-3H3,(H,22,27)/t15-,16-/m1/s1. The summed E-state index contributed by atoms with van der Waals surface area (Å²) < 4.78 is 1.17. The fraction of sp³-hybridized carbons (Fsp3) is 0.476. The van der Waals surface area contributed by atoms with E-state index in [0.717, 1.165) is 37.0 Å². The first kappa shape index (κ1) is 19.3. The molecule has 1 fully saturated rings. The average Bonchev–Trinajstić information content (AvgIpc) is 2.62. The fourth-order valence-corrected chi connectivity index (χ4v) is 3.94. The molecule has 2 aromatic rings. The van der Waals surface area contributed by atoms with Crippen molar-refractivity contribution < 1.29 is 4.79 Å². The Morgan fingerprint density at radius 3 is 2.44 bits per heavy atom. The number of carbonyl (C=O) groups is 1. The van der Waals surface area contributed by atoms with Gasteiger partial charge in [0, 0.05) is 39.3 Å². The summed E-state index contributed by atoms with van der Waals surface area (Å²) in [6.45, 7) is 8.21. The van der Waals surface area contributed by atoms with E-state index in [1.807, 2.05) is 12.1 Å². The van der Waals surface area contributed by atoms with Crippen molar-refractivity contribution in [2.75, 3.05) is 13.1 Å². The number of aromatic nitrogens is 2. The first-order chi connectivity index (χ1) is 12.9. The summed E-state index contributed by atoms with van der Waals surface area (Å²) >= 11 is 0. The van der Waals surface area contributed by atoms with Gasteiger partial charge in [0.25, 0.3) is 11.5 Å². The monoisotopic (exact) mass is 368 g/mol. The molecule has 6 nitrogen and oxygen atoms in total. The van der Waals surface area contributed by atoms with E-state index in [1.165, 1.54) is 35.8 Å².